The Morgan fingerprint density at radius 2 is 1.89 bits per heavy atom. The van der Waals surface area contributed by atoms with E-state index in [1.807, 2.05) is 6.92 Å². The topological polar surface area (TPSA) is 60.4 Å². The summed E-state index contributed by atoms with van der Waals surface area (Å²) in [6.45, 7) is 1.38. The molecule has 0 aliphatic rings. The number of Topliss-reactive ketones (excluding diaryl/α,β-unsaturated/α-hetero) is 1. The zero-order valence-corrected chi connectivity index (χ0v) is 11.8. The van der Waals surface area contributed by atoms with Crippen molar-refractivity contribution in [3.63, 3.8) is 0 Å². The minimum Gasteiger partial charge on any atom is -0.291 e. The van der Waals surface area contributed by atoms with Gasteiger partial charge in [-0.25, -0.2) is 0 Å². The molecule has 0 aliphatic heterocycles. The van der Waals surface area contributed by atoms with Gasteiger partial charge in [-0.2, -0.15) is 19.8 Å². The molecule has 6 heteroatoms. The number of benzene rings is 1. The summed E-state index contributed by atoms with van der Waals surface area (Å²) in [5, 5.41) is 3.41. The molecule has 0 bridgehead atoms. The molecule has 0 aliphatic carbocycles. The van der Waals surface area contributed by atoms with Crippen molar-refractivity contribution < 1.29 is 17.4 Å². The summed E-state index contributed by atoms with van der Waals surface area (Å²) in [6.07, 6.45) is 0. The van der Waals surface area contributed by atoms with E-state index in [4.69, 9.17) is 4.18 Å². The van der Waals surface area contributed by atoms with Crippen molar-refractivity contribution >= 4 is 27.2 Å². The maximum Gasteiger partial charge on any atom is 0.297 e. The highest BCUT2D eigenvalue weighted by molar-refractivity contribution is 7.86. The molecule has 0 radical (unpaired) electrons. The molecule has 0 atom stereocenters. The average molecular weight is 296 g/mol. The van der Waals surface area contributed by atoms with E-state index < -0.39 is 16.7 Å². The first kappa shape index (κ1) is 13.9. The number of thiophene rings is 1. The van der Waals surface area contributed by atoms with Crippen LogP contribution in [0.1, 0.15) is 15.9 Å². The van der Waals surface area contributed by atoms with E-state index in [1.165, 1.54) is 23.5 Å². The minimum atomic E-state index is -3.88. The minimum absolute atomic E-state index is 0.0521. The van der Waals surface area contributed by atoms with Gasteiger partial charge in [0.05, 0.1) is 4.90 Å². The van der Waals surface area contributed by atoms with Gasteiger partial charge in [-0.15, -0.1) is 0 Å². The Morgan fingerprint density at radius 3 is 2.47 bits per heavy atom. The Bertz CT molecular complexity index is 655. The Kier molecular flexibility index (Phi) is 4.14. The van der Waals surface area contributed by atoms with Crippen LogP contribution < -0.4 is 0 Å². The third-order valence-electron chi connectivity index (χ3n) is 2.50. The van der Waals surface area contributed by atoms with E-state index in [-0.39, 0.29) is 10.7 Å². The standard InChI is InChI=1S/C13H12O4S2/c1-10-2-4-12(5-3-10)19(15,16)17-8-13(14)11-6-7-18-9-11/h2-7,9H,8H2,1H3. The van der Waals surface area contributed by atoms with Crippen molar-refractivity contribution in [3.05, 3.63) is 52.2 Å². The molecule has 0 amide bonds. The summed E-state index contributed by atoms with van der Waals surface area (Å²) >= 11 is 1.37. The van der Waals surface area contributed by atoms with Crippen molar-refractivity contribution in [1.82, 2.24) is 0 Å². The lowest BCUT2D eigenvalue weighted by Gasteiger charge is -2.04. The van der Waals surface area contributed by atoms with Crippen LogP contribution in [-0.2, 0) is 14.3 Å². The summed E-state index contributed by atoms with van der Waals surface area (Å²) in [6, 6.07) is 7.90. The molecule has 0 saturated carbocycles. The first-order chi connectivity index (χ1) is 8.99. The predicted molar refractivity (Wildman–Crippen MR) is 73.0 cm³/mol. The van der Waals surface area contributed by atoms with Crippen LogP contribution in [0.3, 0.4) is 0 Å². The number of ketones is 1. The fourth-order valence-corrected chi connectivity index (χ4v) is 2.94. The molecule has 100 valence electrons. The number of aryl methyl sites for hydroxylation is 1. The van der Waals surface area contributed by atoms with Crippen LogP contribution in [0.2, 0.25) is 0 Å². The Balaban J connectivity index is 2.06. The van der Waals surface area contributed by atoms with Crippen LogP contribution >= 0.6 is 11.3 Å². The first-order valence-electron chi connectivity index (χ1n) is 5.50. The second-order valence-corrected chi connectivity index (χ2v) is 6.36. The highest BCUT2D eigenvalue weighted by atomic mass is 32.2. The van der Waals surface area contributed by atoms with Crippen LogP contribution in [0, 0.1) is 6.92 Å². The van der Waals surface area contributed by atoms with E-state index in [1.54, 1.807) is 29.0 Å². The molecular weight excluding hydrogens is 284 g/mol. The summed E-state index contributed by atoms with van der Waals surface area (Å²) in [5.41, 5.74) is 1.41. The van der Waals surface area contributed by atoms with Gasteiger partial charge in [0.15, 0.2) is 5.78 Å². The summed E-state index contributed by atoms with van der Waals surface area (Å²) in [7, 11) is -3.88. The summed E-state index contributed by atoms with van der Waals surface area (Å²) < 4.78 is 28.5. The molecule has 2 aromatic rings. The van der Waals surface area contributed by atoms with Crippen LogP contribution in [-0.4, -0.2) is 20.8 Å². The van der Waals surface area contributed by atoms with Crippen LogP contribution in [0.4, 0.5) is 0 Å². The van der Waals surface area contributed by atoms with Gasteiger partial charge in [0.1, 0.15) is 6.61 Å². The predicted octanol–water partition coefficient (Wildman–Crippen LogP) is 2.64. The van der Waals surface area contributed by atoms with E-state index in [0.29, 0.717) is 5.56 Å². The highest BCUT2D eigenvalue weighted by Crippen LogP contribution is 2.14. The van der Waals surface area contributed by atoms with Gasteiger partial charge in [-0.1, -0.05) is 17.7 Å². The molecule has 0 unspecified atom stereocenters. The number of carbonyl (C=O) groups excluding carboxylic acids is 1. The lowest BCUT2D eigenvalue weighted by Crippen LogP contribution is -2.14. The zero-order chi connectivity index (χ0) is 13.9. The molecule has 0 spiro atoms. The van der Waals surface area contributed by atoms with Gasteiger partial charge in [0.25, 0.3) is 10.1 Å². The van der Waals surface area contributed by atoms with Crippen molar-refractivity contribution in [2.75, 3.05) is 6.61 Å². The van der Waals surface area contributed by atoms with Gasteiger partial charge in [0, 0.05) is 10.9 Å². The summed E-state index contributed by atoms with van der Waals surface area (Å²) in [4.78, 5) is 11.7. The van der Waals surface area contributed by atoms with E-state index in [2.05, 4.69) is 0 Å². The molecule has 0 fully saturated rings. The number of rotatable bonds is 5. The van der Waals surface area contributed by atoms with Gasteiger partial charge >= 0.3 is 0 Å². The maximum atomic E-state index is 11.8. The Hall–Kier alpha value is -1.50. The highest BCUT2D eigenvalue weighted by Gasteiger charge is 2.17. The number of hydrogen-bond donors (Lipinski definition) is 0. The number of hydrogen-bond acceptors (Lipinski definition) is 5. The van der Waals surface area contributed by atoms with Gasteiger partial charge < -0.3 is 0 Å². The third kappa shape index (κ3) is 3.50. The van der Waals surface area contributed by atoms with Crippen molar-refractivity contribution in [1.29, 1.82) is 0 Å². The molecule has 1 aromatic carbocycles. The van der Waals surface area contributed by atoms with E-state index in [9.17, 15) is 13.2 Å². The first-order valence-corrected chi connectivity index (χ1v) is 7.85. The molecule has 19 heavy (non-hydrogen) atoms. The van der Waals surface area contributed by atoms with Gasteiger partial charge in [-0.05, 0) is 30.5 Å². The van der Waals surface area contributed by atoms with Crippen molar-refractivity contribution in [2.24, 2.45) is 0 Å². The molecule has 0 N–H and O–H groups in total. The molecule has 1 heterocycles. The normalized spacial score (nSPS) is 11.4. The number of carbonyl (C=O) groups is 1. The largest absolute Gasteiger partial charge is 0.297 e. The second-order valence-electron chi connectivity index (χ2n) is 3.96. The third-order valence-corrected chi connectivity index (χ3v) is 4.46. The smallest absolute Gasteiger partial charge is 0.291 e. The van der Waals surface area contributed by atoms with Crippen molar-refractivity contribution in [2.45, 2.75) is 11.8 Å². The van der Waals surface area contributed by atoms with Gasteiger partial charge in [0.2, 0.25) is 0 Å². The molecule has 4 nitrogen and oxygen atoms in total. The Morgan fingerprint density at radius 1 is 1.21 bits per heavy atom. The Labute approximate surface area is 115 Å². The molecule has 0 saturated heterocycles. The molecule has 1 aromatic heterocycles. The molecular formula is C13H12O4S2. The quantitative estimate of drug-likeness (QED) is 0.628. The van der Waals surface area contributed by atoms with E-state index >= 15 is 0 Å². The lowest BCUT2D eigenvalue weighted by molar-refractivity contribution is 0.0925. The van der Waals surface area contributed by atoms with Crippen molar-refractivity contribution in [3.8, 4) is 0 Å². The van der Waals surface area contributed by atoms with Crippen LogP contribution in [0.15, 0.2) is 46.0 Å². The lowest BCUT2D eigenvalue weighted by atomic mass is 10.2. The monoisotopic (exact) mass is 296 g/mol. The van der Waals surface area contributed by atoms with Gasteiger partial charge in [-0.3, -0.25) is 8.98 Å². The second kappa shape index (κ2) is 5.64. The SMILES string of the molecule is Cc1ccc(S(=O)(=O)OCC(=O)c2ccsc2)cc1. The van der Waals surface area contributed by atoms with Crippen LogP contribution in [0.5, 0.6) is 0 Å². The molecule has 2 rings (SSSR count). The maximum absolute atomic E-state index is 11.8. The zero-order valence-electron chi connectivity index (χ0n) is 10.2. The average Bonchev–Trinajstić information content (AvgIpc) is 2.90. The van der Waals surface area contributed by atoms with Crippen LogP contribution in [0.25, 0.3) is 0 Å². The fourth-order valence-electron chi connectivity index (χ4n) is 1.41. The van der Waals surface area contributed by atoms with E-state index in [0.717, 1.165) is 5.56 Å². The summed E-state index contributed by atoms with van der Waals surface area (Å²) in [5.74, 6) is -0.350. The fraction of sp³-hybridized carbons (Fsp3) is 0.154.